The van der Waals surface area contributed by atoms with Crippen molar-refractivity contribution in [2.45, 2.75) is 6.92 Å². The first-order chi connectivity index (χ1) is 12.6. The number of thiophene rings is 1. The Morgan fingerprint density at radius 1 is 1.00 bits per heavy atom. The van der Waals surface area contributed by atoms with Crippen molar-refractivity contribution in [3.05, 3.63) is 71.2 Å². The lowest BCUT2D eigenvalue weighted by atomic mass is 10.2. The van der Waals surface area contributed by atoms with E-state index in [0.29, 0.717) is 21.2 Å². The molecule has 0 aliphatic carbocycles. The Morgan fingerprint density at radius 3 is 2.35 bits per heavy atom. The van der Waals surface area contributed by atoms with Gasteiger partial charge in [-0.3, -0.25) is 4.79 Å². The van der Waals surface area contributed by atoms with E-state index in [2.05, 4.69) is 15.3 Å². The fourth-order valence-electron chi connectivity index (χ4n) is 2.79. The molecule has 0 saturated heterocycles. The van der Waals surface area contributed by atoms with Gasteiger partial charge < -0.3 is 11.1 Å². The van der Waals surface area contributed by atoms with Crippen molar-refractivity contribution < 1.29 is 4.79 Å². The highest BCUT2D eigenvalue weighted by Crippen LogP contribution is 2.35. The Hall–Kier alpha value is -3.25. The number of rotatable bonds is 3. The molecule has 4 aromatic rings. The van der Waals surface area contributed by atoms with Crippen LogP contribution in [-0.2, 0) is 0 Å². The van der Waals surface area contributed by atoms with Gasteiger partial charge in [0.2, 0.25) is 0 Å². The van der Waals surface area contributed by atoms with Crippen LogP contribution in [0.25, 0.3) is 21.6 Å². The summed E-state index contributed by atoms with van der Waals surface area (Å²) in [4.78, 5) is 23.0. The molecule has 0 atom stereocenters. The normalized spacial score (nSPS) is 10.8. The summed E-state index contributed by atoms with van der Waals surface area (Å²) >= 11 is 1.29. The largest absolute Gasteiger partial charge is 0.397 e. The smallest absolute Gasteiger partial charge is 0.267 e. The molecule has 0 unspecified atom stereocenters. The Morgan fingerprint density at radius 2 is 1.65 bits per heavy atom. The predicted molar refractivity (Wildman–Crippen MR) is 106 cm³/mol. The van der Waals surface area contributed by atoms with Crippen LogP contribution < -0.4 is 11.1 Å². The number of anilines is 2. The Bertz CT molecular complexity index is 1090. The minimum atomic E-state index is -0.239. The maximum absolute atomic E-state index is 12.6. The van der Waals surface area contributed by atoms with Gasteiger partial charge in [0.05, 0.1) is 16.8 Å². The number of carbonyl (C=O) groups excluding carboxylic acids is 1. The summed E-state index contributed by atoms with van der Waals surface area (Å²) < 4.78 is 0. The fraction of sp³-hybridized carbons (Fsp3) is 0.0500. The number of nitrogens with zero attached hydrogens (tertiary/aromatic N) is 2. The van der Waals surface area contributed by atoms with Gasteiger partial charge in [0, 0.05) is 11.3 Å². The number of carbonyl (C=O) groups is 1. The molecule has 0 saturated carbocycles. The molecule has 26 heavy (non-hydrogen) atoms. The lowest BCUT2D eigenvalue weighted by Crippen LogP contribution is -2.11. The topological polar surface area (TPSA) is 80.9 Å². The number of hydrogen-bond donors (Lipinski definition) is 2. The summed E-state index contributed by atoms with van der Waals surface area (Å²) in [7, 11) is 0. The summed E-state index contributed by atoms with van der Waals surface area (Å²) in [6.45, 7) is 1.89. The Labute approximate surface area is 154 Å². The van der Waals surface area contributed by atoms with E-state index in [1.807, 2.05) is 67.6 Å². The number of hydrogen-bond acceptors (Lipinski definition) is 5. The lowest BCUT2D eigenvalue weighted by Gasteiger charge is -2.04. The molecule has 2 heterocycles. The molecule has 128 valence electrons. The molecule has 0 spiro atoms. The molecule has 2 aromatic carbocycles. The Balaban J connectivity index is 1.76. The number of amides is 1. The third-order valence-electron chi connectivity index (χ3n) is 4.04. The van der Waals surface area contributed by atoms with Crippen molar-refractivity contribution in [3.63, 3.8) is 0 Å². The van der Waals surface area contributed by atoms with Crippen LogP contribution in [0.15, 0.2) is 60.7 Å². The first-order valence-electron chi connectivity index (χ1n) is 8.12. The molecule has 4 rings (SSSR count). The van der Waals surface area contributed by atoms with E-state index in [-0.39, 0.29) is 5.91 Å². The van der Waals surface area contributed by atoms with Gasteiger partial charge in [-0.15, -0.1) is 11.3 Å². The minimum Gasteiger partial charge on any atom is -0.397 e. The van der Waals surface area contributed by atoms with E-state index in [0.717, 1.165) is 22.3 Å². The first-order valence-corrected chi connectivity index (χ1v) is 8.93. The summed E-state index contributed by atoms with van der Waals surface area (Å²) in [6.07, 6.45) is 0. The molecule has 0 aliphatic heterocycles. The maximum atomic E-state index is 12.6. The van der Waals surface area contributed by atoms with Crippen LogP contribution in [0.5, 0.6) is 0 Å². The van der Waals surface area contributed by atoms with Crippen molar-refractivity contribution in [2.24, 2.45) is 0 Å². The van der Waals surface area contributed by atoms with Crippen LogP contribution in [0, 0.1) is 6.92 Å². The van der Waals surface area contributed by atoms with Crippen molar-refractivity contribution in [3.8, 4) is 11.4 Å². The molecular formula is C20H16N4OS. The van der Waals surface area contributed by atoms with Crippen molar-refractivity contribution in [1.82, 2.24) is 9.97 Å². The molecule has 2 aromatic heterocycles. The molecule has 0 fully saturated rings. The molecule has 3 N–H and O–H groups in total. The summed E-state index contributed by atoms with van der Waals surface area (Å²) in [6, 6.07) is 19.1. The van der Waals surface area contributed by atoms with Gasteiger partial charge in [-0.1, -0.05) is 48.5 Å². The highest BCUT2D eigenvalue weighted by atomic mass is 32.1. The summed E-state index contributed by atoms with van der Waals surface area (Å²) in [5.74, 6) is 0.393. The van der Waals surface area contributed by atoms with Gasteiger partial charge >= 0.3 is 0 Å². The molecule has 6 heteroatoms. The zero-order valence-electron chi connectivity index (χ0n) is 14.1. The van der Waals surface area contributed by atoms with Crippen LogP contribution in [0.3, 0.4) is 0 Å². The molecular weight excluding hydrogens is 344 g/mol. The quantitative estimate of drug-likeness (QED) is 0.563. The second kappa shape index (κ2) is 6.57. The standard InChI is InChI=1S/C20H16N4OS/c1-12-15-16(21)17(19(25)23-14-10-6-3-7-11-14)26-20(15)24-18(22-12)13-8-4-2-5-9-13/h2-11H,21H2,1H3,(H,23,25). The molecule has 1 amide bonds. The molecule has 5 nitrogen and oxygen atoms in total. The zero-order valence-corrected chi connectivity index (χ0v) is 14.9. The van der Waals surface area contributed by atoms with Crippen LogP contribution >= 0.6 is 11.3 Å². The number of nitrogen functional groups attached to an aromatic ring is 1. The maximum Gasteiger partial charge on any atom is 0.267 e. The van der Waals surface area contributed by atoms with Gasteiger partial charge in [-0.2, -0.15) is 0 Å². The van der Waals surface area contributed by atoms with Crippen LogP contribution in [0.2, 0.25) is 0 Å². The number of nitrogens with one attached hydrogen (secondary N) is 1. The van der Waals surface area contributed by atoms with E-state index in [1.54, 1.807) is 0 Å². The number of aryl methyl sites for hydroxylation is 1. The van der Waals surface area contributed by atoms with E-state index in [4.69, 9.17) is 5.73 Å². The molecule has 0 bridgehead atoms. The van der Waals surface area contributed by atoms with E-state index >= 15 is 0 Å². The average Bonchev–Trinajstić information content (AvgIpc) is 3.00. The first kappa shape index (κ1) is 16.2. The van der Waals surface area contributed by atoms with Gasteiger partial charge in [0.25, 0.3) is 5.91 Å². The van der Waals surface area contributed by atoms with Gasteiger partial charge in [-0.05, 0) is 19.1 Å². The van der Waals surface area contributed by atoms with E-state index in [9.17, 15) is 4.79 Å². The second-order valence-corrected chi connectivity index (χ2v) is 6.84. The van der Waals surface area contributed by atoms with Crippen molar-refractivity contribution in [1.29, 1.82) is 0 Å². The van der Waals surface area contributed by atoms with Crippen LogP contribution in [0.1, 0.15) is 15.4 Å². The van der Waals surface area contributed by atoms with Crippen molar-refractivity contribution >= 4 is 38.8 Å². The number of aromatic nitrogens is 2. The molecule has 0 radical (unpaired) electrons. The minimum absolute atomic E-state index is 0.239. The van der Waals surface area contributed by atoms with Crippen molar-refractivity contribution in [2.75, 3.05) is 11.1 Å². The summed E-state index contributed by atoms with van der Waals surface area (Å²) in [5.41, 5.74) is 9.10. The van der Waals surface area contributed by atoms with Gasteiger partial charge in [0.1, 0.15) is 9.71 Å². The highest BCUT2D eigenvalue weighted by molar-refractivity contribution is 7.21. The number of fused-ring (bicyclic) bond motifs is 1. The predicted octanol–water partition coefficient (Wildman–Crippen LogP) is 4.50. The second-order valence-electron chi connectivity index (χ2n) is 5.84. The summed E-state index contributed by atoms with van der Waals surface area (Å²) in [5, 5.41) is 3.61. The number of benzene rings is 2. The average molecular weight is 360 g/mol. The van der Waals surface area contributed by atoms with Crippen LogP contribution in [0.4, 0.5) is 11.4 Å². The fourth-order valence-corrected chi connectivity index (χ4v) is 3.83. The zero-order chi connectivity index (χ0) is 18.1. The highest BCUT2D eigenvalue weighted by Gasteiger charge is 2.20. The van der Waals surface area contributed by atoms with Crippen LogP contribution in [-0.4, -0.2) is 15.9 Å². The third kappa shape index (κ3) is 2.91. The van der Waals surface area contributed by atoms with Gasteiger partial charge in [0.15, 0.2) is 5.82 Å². The lowest BCUT2D eigenvalue weighted by molar-refractivity contribution is 0.103. The number of para-hydroxylation sites is 1. The Kier molecular flexibility index (Phi) is 4.10. The number of nitrogens with two attached hydrogens (primary N) is 1. The SMILES string of the molecule is Cc1nc(-c2ccccc2)nc2sc(C(=O)Nc3ccccc3)c(N)c12. The monoisotopic (exact) mass is 360 g/mol. The third-order valence-corrected chi connectivity index (χ3v) is 5.14. The molecule has 0 aliphatic rings. The van der Waals surface area contributed by atoms with E-state index in [1.165, 1.54) is 11.3 Å². The van der Waals surface area contributed by atoms with E-state index < -0.39 is 0 Å². The van der Waals surface area contributed by atoms with Gasteiger partial charge in [-0.25, -0.2) is 9.97 Å².